The number of aryl methyl sites for hydroxylation is 2. The summed E-state index contributed by atoms with van der Waals surface area (Å²) in [6.45, 7) is 3.58. The van der Waals surface area contributed by atoms with E-state index in [1.807, 2.05) is 41.9 Å². The molecular formula is C21H18N4O4S. The molecule has 0 fully saturated rings. The highest BCUT2D eigenvalue weighted by Crippen LogP contribution is 2.27. The van der Waals surface area contributed by atoms with E-state index in [1.165, 1.54) is 12.1 Å². The van der Waals surface area contributed by atoms with Crippen molar-refractivity contribution in [1.82, 2.24) is 9.38 Å². The zero-order valence-corrected chi connectivity index (χ0v) is 17.1. The lowest BCUT2D eigenvalue weighted by Gasteiger charge is -2.11. The molecule has 0 aliphatic rings. The molecule has 1 N–H and O–H groups in total. The van der Waals surface area contributed by atoms with Crippen LogP contribution in [0.4, 0.5) is 11.4 Å². The lowest BCUT2D eigenvalue weighted by molar-refractivity contribution is -0.385. The van der Waals surface area contributed by atoms with Gasteiger partial charge < -0.3 is 4.40 Å². The van der Waals surface area contributed by atoms with Gasteiger partial charge in [-0.25, -0.2) is 13.4 Å². The van der Waals surface area contributed by atoms with Crippen molar-refractivity contribution in [2.75, 3.05) is 4.72 Å². The molecular weight excluding hydrogens is 404 g/mol. The van der Waals surface area contributed by atoms with Crippen molar-refractivity contribution in [3.63, 3.8) is 0 Å². The second kappa shape index (κ2) is 7.27. The molecule has 152 valence electrons. The highest BCUT2D eigenvalue weighted by molar-refractivity contribution is 7.92. The number of hydrogen-bond donors (Lipinski definition) is 1. The Kier molecular flexibility index (Phi) is 4.75. The Hall–Kier alpha value is -3.72. The van der Waals surface area contributed by atoms with Gasteiger partial charge in [-0.15, -0.1) is 0 Å². The number of pyridine rings is 1. The second-order valence-corrected chi connectivity index (χ2v) is 8.64. The first-order chi connectivity index (χ1) is 14.2. The molecule has 0 amide bonds. The molecule has 0 atom stereocenters. The third-order valence-electron chi connectivity index (χ3n) is 4.70. The SMILES string of the molecule is Cc1ccn2cc(-c3cccc(NS(=O)(=O)c4cc([N+](=O)[O-])ccc4C)c3)nc2c1. The van der Waals surface area contributed by atoms with Gasteiger partial charge in [-0.3, -0.25) is 14.8 Å². The zero-order chi connectivity index (χ0) is 21.5. The van der Waals surface area contributed by atoms with Gasteiger partial charge in [0.2, 0.25) is 0 Å². The summed E-state index contributed by atoms with van der Waals surface area (Å²) in [6.07, 6.45) is 3.78. The van der Waals surface area contributed by atoms with E-state index in [0.717, 1.165) is 22.8 Å². The molecule has 30 heavy (non-hydrogen) atoms. The molecule has 0 bridgehead atoms. The van der Waals surface area contributed by atoms with Gasteiger partial charge in [0.25, 0.3) is 15.7 Å². The number of nitro benzene ring substituents is 1. The number of rotatable bonds is 5. The number of hydrogen-bond acceptors (Lipinski definition) is 5. The van der Waals surface area contributed by atoms with Crippen LogP contribution in [0.5, 0.6) is 0 Å². The third kappa shape index (κ3) is 3.74. The van der Waals surface area contributed by atoms with Crippen LogP contribution in [0.25, 0.3) is 16.9 Å². The van der Waals surface area contributed by atoms with Crippen LogP contribution in [-0.4, -0.2) is 22.7 Å². The van der Waals surface area contributed by atoms with Gasteiger partial charge in [-0.2, -0.15) is 0 Å². The predicted molar refractivity (Wildman–Crippen MR) is 114 cm³/mol. The van der Waals surface area contributed by atoms with Crippen LogP contribution >= 0.6 is 0 Å². The molecule has 2 heterocycles. The molecule has 0 aliphatic carbocycles. The second-order valence-electron chi connectivity index (χ2n) is 6.99. The first-order valence-electron chi connectivity index (χ1n) is 9.06. The standard InChI is InChI=1S/C21H18N4O4S/c1-14-8-9-24-13-19(22-21(24)10-14)16-4-3-5-17(11-16)23-30(28,29)20-12-18(25(26)27)7-6-15(20)2/h3-13,23H,1-2H3. The molecule has 0 unspecified atom stereocenters. The summed E-state index contributed by atoms with van der Waals surface area (Å²) in [6, 6.07) is 14.6. The van der Waals surface area contributed by atoms with E-state index in [9.17, 15) is 18.5 Å². The fraction of sp³-hybridized carbons (Fsp3) is 0.0952. The average Bonchev–Trinajstić information content (AvgIpc) is 3.11. The largest absolute Gasteiger partial charge is 0.306 e. The van der Waals surface area contributed by atoms with E-state index in [-0.39, 0.29) is 10.6 Å². The van der Waals surface area contributed by atoms with Crippen LogP contribution in [0, 0.1) is 24.0 Å². The van der Waals surface area contributed by atoms with E-state index in [0.29, 0.717) is 16.9 Å². The molecule has 0 saturated carbocycles. The number of benzene rings is 2. The Bertz CT molecular complexity index is 1390. The Morgan fingerprint density at radius 2 is 1.87 bits per heavy atom. The molecule has 2 aromatic carbocycles. The maximum atomic E-state index is 12.9. The van der Waals surface area contributed by atoms with Crippen molar-refractivity contribution in [1.29, 1.82) is 0 Å². The van der Waals surface area contributed by atoms with Gasteiger partial charge in [0.1, 0.15) is 5.65 Å². The van der Waals surface area contributed by atoms with E-state index in [2.05, 4.69) is 9.71 Å². The summed E-state index contributed by atoms with van der Waals surface area (Å²) < 4.78 is 30.1. The summed E-state index contributed by atoms with van der Waals surface area (Å²) in [5.74, 6) is 0. The monoisotopic (exact) mass is 422 g/mol. The number of nitrogens with zero attached hydrogens (tertiary/aromatic N) is 3. The smallest absolute Gasteiger partial charge is 0.270 e. The maximum absolute atomic E-state index is 12.9. The van der Waals surface area contributed by atoms with Crippen LogP contribution in [-0.2, 0) is 10.0 Å². The molecule has 2 aromatic heterocycles. The Morgan fingerprint density at radius 1 is 1.07 bits per heavy atom. The number of imidazole rings is 1. The minimum Gasteiger partial charge on any atom is -0.306 e. The average molecular weight is 422 g/mol. The zero-order valence-electron chi connectivity index (χ0n) is 16.2. The number of nitrogens with one attached hydrogen (secondary N) is 1. The lowest BCUT2D eigenvalue weighted by atomic mass is 10.1. The molecule has 0 spiro atoms. The predicted octanol–water partition coefficient (Wildman–Crippen LogP) is 4.33. The molecule has 0 saturated heterocycles. The third-order valence-corrected chi connectivity index (χ3v) is 6.22. The number of nitro groups is 1. The Balaban J connectivity index is 1.69. The number of non-ortho nitro benzene ring substituents is 1. The van der Waals surface area contributed by atoms with E-state index < -0.39 is 14.9 Å². The molecule has 9 heteroatoms. The highest BCUT2D eigenvalue weighted by Gasteiger charge is 2.21. The topological polar surface area (TPSA) is 107 Å². The van der Waals surface area contributed by atoms with Crippen molar-refractivity contribution in [2.24, 2.45) is 0 Å². The first kappa shape index (κ1) is 19.6. The van der Waals surface area contributed by atoms with E-state index >= 15 is 0 Å². The van der Waals surface area contributed by atoms with Crippen LogP contribution < -0.4 is 4.72 Å². The molecule has 8 nitrogen and oxygen atoms in total. The summed E-state index contributed by atoms with van der Waals surface area (Å²) in [4.78, 5) is 14.9. The van der Waals surface area contributed by atoms with Crippen molar-refractivity contribution in [2.45, 2.75) is 18.7 Å². The normalized spacial score (nSPS) is 11.5. The van der Waals surface area contributed by atoms with Crippen LogP contribution in [0.15, 0.2) is 71.9 Å². The summed E-state index contributed by atoms with van der Waals surface area (Å²) >= 11 is 0. The van der Waals surface area contributed by atoms with Crippen molar-refractivity contribution >= 4 is 27.0 Å². The van der Waals surface area contributed by atoms with Crippen molar-refractivity contribution in [3.05, 3.63) is 88.2 Å². The fourth-order valence-electron chi connectivity index (χ4n) is 3.17. The van der Waals surface area contributed by atoms with Gasteiger partial charge in [-0.05, 0) is 49.2 Å². The van der Waals surface area contributed by atoms with Crippen LogP contribution in [0.1, 0.15) is 11.1 Å². The minimum atomic E-state index is -4.01. The molecule has 4 aromatic rings. The highest BCUT2D eigenvalue weighted by atomic mass is 32.2. The quantitative estimate of drug-likeness (QED) is 0.381. The lowest BCUT2D eigenvalue weighted by Crippen LogP contribution is -2.14. The van der Waals surface area contributed by atoms with E-state index in [4.69, 9.17) is 0 Å². The molecule has 0 radical (unpaired) electrons. The van der Waals surface area contributed by atoms with Gasteiger partial charge in [0, 0.05) is 35.8 Å². The van der Waals surface area contributed by atoms with Gasteiger partial charge in [-0.1, -0.05) is 18.2 Å². The van der Waals surface area contributed by atoms with Gasteiger partial charge >= 0.3 is 0 Å². The number of sulfonamides is 1. The van der Waals surface area contributed by atoms with Crippen LogP contribution in [0.2, 0.25) is 0 Å². The summed E-state index contributed by atoms with van der Waals surface area (Å²) in [5, 5.41) is 11.0. The molecule has 0 aliphatic heterocycles. The number of aromatic nitrogens is 2. The summed E-state index contributed by atoms with van der Waals surface area (Å²) in [5.41, 5.74) is 3.80. The van der Waals surface area contributed by atoms with Gasteiger partial charge in [0.15, 0.2) is 0 Å². The van der Waals surface area contributed by atoms with E-state index in [1.54, 1.807) is 25.1 Å². The first-order valence-corrected chi connectivity index (χ1v) is 10.5. The number of fused-ring (bicyclic) bond motifs is 1. The Morgan fingerprint density at radius 3 is 2.63 bits per heavy atom. The minimum absolute atomic E-state index is 0.134. The fourth-order valence-corrected chi connectivity index (χ4v) is 4.48. The van der Waals surface area contributed by atoms with Gasteiger partial charge in [0.05, 0.1) is 15.5 Å². The van der Waals surface area contributed by atoms with Crippen molar-refractivity contribution in [3.8, 4) is 11.3 Å². The van der Waals surface area contributed by atoms with Crippen LogP contribution in [0.3, 0.4) is 0 Å². The molecule has 4 rings (SSSR count). The maximum Gasteiger partial charge on any atom is 0.270 e. The number of anilines is 1. The Labute approximate surface area is 173 Å². The summed E-state index contributed by atoms with van der Waals surface area (Å²) in [7, 11) is -4.01. The van der Waals surface area contributed by atoms with Crippen molar-refractivity contribution < 1.29 is 13.3 Å².